The molecule has 1 fully saturated rings. The molecular weight excluding hydrogens is 221 g/mol. The third-order valence-corrected chi connectivity index (χ3v) is 5.01. The van der Waals surface area contributed by atoms with Crippen LogP contribution in [0.25, 0.3) is 0 Å². The van der Waals surface area contributed by atoms with E-state index in [1.807, 2.05) is 0 Å². The highest BCUT2D eigenvalue weighted by Crippen LogP contribution is 2.45. The summed E-state index contributed by atoms with van der Waals surface area (Å²) in [5.41, 5.74) is 0. The molecule has 0 saturated carbocycles. The van der Waals surface area contributed by atoms with Gasteiger partial charge in [-0.3, -0.25) is 5.09 Å². The van der Waals surface area contributed by atoms with E-state index in [0.29, 0.717) is 31.2 Å². The molecule has 0 radical (unpaired) electrons. The van der Waals surface area contributed by atoms with E-state index in [0.717, 1.165) is 6.42 Å². The minimum atomic E-state index is -0.733. The highest BCUT2D eigenvalue weighted by molar-refractivity contribution is 7.47. The molecule has 1 heterocycles. The summed E-state index contributed by atoms with van der Waals surface area (Å²) in [5, 5.41) is 12.0. The molecule has 1 aliphatic heterocycles. The van der Waals surface area contributed by atoms with Crippen molar-refractivity contribution in [2.75, 3.05) is 6.61 Å². The molecule has 1 aliphatic rings. The van der Waals surface area contributed by atoms with E-state index in [1.54, 1.807) is 0 Å². The lowest BCUT2D eigenvalue weighted by molar-refractivity contribution is 0.203. The maximum atomic E-state index is 8.52. The van der Waals surface area contributed by atoms with Gasteiger partial charge >= 0.3 is 0 Å². The first-order valence-electron chi connectivity index (χ1n) is 5.90. The zero-order valence-corrected chi connectivity index (χ0v) is 11.5. The Balaban J connectivity index is 2.57. The van der Waals surface area contributed by atoms with Gasteiger partial charge in [0.05, 0.1) is 19.1 Å². The van der Waals surface area contributed by atoms with Crippen molar-refractivity contribution in [1.29, 1.82) is 5.26 Å². The topological polar surface area (TPSA) is 48.3 Å². The molecule has 1 saturated heterocycles. The molecule has 16 heavy (non-hydrogen) atoms. The van der Waals surface area contributed by atoms with Gasteiger partial charge in [0.1, 0.15) is 0 Å². The predicted octanol–water partition coefficient (Wildman–Crippen LogP) is 2.62. The van der Waals surface area contributed by atoms with Crippen molar-refractivity contribution in [3.8, 4) is 6.07 Å². The fraction of sp³-hybridized carbons (Fsp3) is 0.909. The molecule has 0 aromatic rings. The van der Waals surface area contributed by atoms with Gasteiger partial charge in [0.2, 0.25) is 0 Å². The van der Waals surface area contributed by atoms with Crippen molar-refractivity contribution in [3.05, 3.63) is 0 Å². The Kier molecular flexibility index (Phi) is 5.64. The van der Waals surface area contributed by atoms with Crippen molar-refractivity contribution in [1.82, 2.24) is 9.76 Å². The van der Waals surface area contributed by atoms with Gasteiger partial charge in [-0.25, -0.2) is 4.67 Å². The summed E-state index contributed by atoms with van der Waals surface area (Å²) in [4.78, 5) is 0. The van der Waals surface area contributed by atoms with Crippen molar-refractivity contribution in [3.63, 3.8) is 0 Å². The van der Waals surface area contributed by atoms with Crippen molar-refractivity contribution >= 4 is 8.45 Å². The van der Waals surface area contributed by atoms with Crippen LogP contribution in [0.15, 0.2) is 0 Å². The summed E-state index contributed by atoms with van der Waals surface area (Å²) in [5.74, 6) is 0. The number of nitriles is 1. The van der Waals surface area contributed by atoms with Crippen molar-refractivity contribution < 1.29 is 4.52 Å². The SMILES string of the molecule is CC1CC(C)N(C(C)C)P(OCCC#N)N1. The van der Waals surface area contributed by atoms with Gasteiger partial charge in [-0.15, -0.1) is 0 Å². The van der Waals surface area contributed by atoms with E-state index in [1.165, 1.54) is 0 Å². The highest BCUT2D eigenvalue weighted by atomic mass is 31.2. The molecule has 1 rings (SSSR count). The number of nitrogens with one attached hydrogen (secondary N) is 1. The first-order chi connectivity index (χ1) is 7.56. The van der Waals surface area contributed by atoms with E-state index in [-0.39, 0.29) is 0 Å². The molecule has 0 bridgehead atoms. The zero-order chi connectivity index (χ0) is 12.1. The van der Waals surface area contributed by atoms with E-state index >= 15 is 0 Å². The standard InChI is InChI=1S/C11H22N3OP/c1-9(2)14-11(4)8-10(3)13-16(14)15-7-5-6-12/h9-11,13H,5,7-8H2,1-4H3. The molecule has 0 amide bonds. The Morgan fingerprint density at radius 3 is 2.81 bits per heavy atom. The Bertz CT molecular complexity index is 254. The number of rotatable bonds is 4. The molecule has 0 spiro atoms. The van der Waals surface area contributed by atoms with Crippen molar-refractivity contribution in [2.45, 2.75) is 58.7 Å². The van der Waals surface area contributed by atoms with Gasteiger partial charge in [-0.1, -0.05) is 0 Å². The molecule has 0 aromatic heterocycles. The van der Waals surface area contributed by atoms with Crippen LogP contribution in [0.4, 0.5) is 0 Å². The zero-order valence-electron chi connectivity index (χ0n) is 10.6. The fourth-order valence-electron chi connectivity index (χ4n) is 2.11. The van der Waals surface area contributed by atoms with Crippen LogP contribution < -0.4 is 5.09 Å². The molecule has 4 nitrogen and oxygen atoms in total. The lowest BCUT2D eigenvalue weighted by atomic mass is 10.1. The second-order valence-electron chi connectivity index (χ2n) is 4.60. The summed E-state index contributed by atoms with van der Waals surface area (Å²) in [6.45, 7) is 9.35. The Morgan fingerprint density at radius 2 is 2.25 bits per heavy atom. The molecule has 5 heteroatoms. The third kappa shape index (κ3) is 3.68. The van der Waals surface area contributed by atoms with Crippen LogP contribution in [0.5, 0.6) is 0 Å². The Morgan fingerprint density at radius 1 is 1.56 bits per heavy atom. The smallest absolute Gasteiger partial charge is 0.185 e. The number of nitrogens with zero attached hydrogens (tertiary/aromatic N) is 2. The molecule has 0 aliphatic carbocycles. The van der Waals surface area contributed by atoms with Crippen LogP contribution in [0, 0.1) is 11.3 Å². The van der Waals surface area contributed by atoms with Gasteiger partial charge < -0.3 is 4.52 Å². The first kappa shape index (κ1) is 13.9. The second kappa shape index (κ2) is 6.51. The Labute approximate surface area is 99.9 Å². The second-order valence-corrected chi connectivity index (χ2v) is 6.13. The van der Waals surface area contributed by atoms with Gasteiger partial charge in [0.15, 0.2) is 8.45 Å². The molecular formula is C11H22N3OP. The molecule has 3 atom stereocenters. The molecule has 3 unspecified atom stereocenters. The van der Waals surface area contributed by atoms with Gasteiger partial charge in [0.25, 0.3) is 0 Å². The predicted molar refractivity (Wildman–Crippen MR) is 66.8 cm³/mol. The summed E-state index contributed by atoms with van der Waals surface area (Å²) in [6, 6.07) is 3.63. The lowest BCUT2D eigenvalue weighted by Gasteiger charge is -2.44. The minimum absolute atomic E-state index is 0.467. The van der Waals surface area contributed by atoms with E-state index in [4.69, 9.17) is 9.79 Å². The summed E-state index contributed by atoms with van der Waals surface area (Å²) in [6.07, 6.45) is 1.62. The quantitative estimate of drug-likeness (QED) is 0.609. The average Bonchev–Trinajstić information content (AvgIpc) is 2.16. The fourth-order valence-corrected chi connectivity index (χ4v) is 4.07. The van der Waals surface area contributed by atoms with Crippen LogP contribution in [-0.4, -0.2) is 29.4 Å². The van der Waals surface area contributed by atoms with Gasteiger partial charge in [0, 0.05) is 18.1 Å². The van der Waals surface area contributed by atoms with Crippen molar-refractivity contribution in [2.24, 2.45) is 0 Å². The normalized spacial score (nSPS) is 31.6. The minimum Gasteiger partial charge on any atom is -0.330 e. The maximum absolute atomic E-state index is 8.52. The number of hydrogen-bond acceptors (Lipinski definition) is 4. The largest absolute Gasteiger partial charge is 0.330 e. The lowest BCUT2D eigenvalue weighted by Crippen LogP contribution is -2.47. The van der Waals surface area contributed by atoms with E-state index in [9.17, 15) is 0 Å². The van der Waals surface area contributed by atoms with Crippen LogP contribution in [0.1, 0.15) is 40.5 Å². The summed E-state index contributed by atoms with van der Waals surface area (Å²) < 4.78 is 8.19. The first-order valence-corrected chi connectivity index (χ1v) is 7.12. The van der Waals surface area contributed by atoms with Crippen LogP contribution in [0.3, 0.4) is 0 Å². The van der Waals surface area contributed by atoms with Crippen LogP contribution in [0.2, 0.25) is 0 Å². The van der Waals surface area contributed by atoms with E-state index < -0.39 is 8.45 Å². The summed E-state index contributed by atoms with van der Waals surface area (Å²) in [7, 11) is -0.733. The monoisotopic (exact) mass is 243 g/mol. The highest BCUT2D eigenvalue weighted by Gasteiger charge is 2.34. The molecule has 1 N–H and O–H groups in total. The molecule has 92 valence electrons. The van der Waals surface area contributed by atoms with Crippen LogP contribution >= 0.6 is 8.45 Å². The van der Waals surface area contributed by atoms with Gasteiger partial charge in [-0.2, -0.15) is 5.26 Å². The summed E-state index contributed by atoms with van der Waals surface area (Å²) >= 11 is 0. The van der Waals surface area contributed by atoms with E-state index in [2.05, 4.69) is 43.5 Å². The van der Waals surface area contributed by atoms with Crippen LogP contribution in [-0.2, 0) is 4.52 Å². The third-order valence-electron chi connectivity index (χ3n) is 2.64. The Hall–Kier alpha value is -0.200. The molecule has 0 aromatic carbocycles. The average molecular weight is 243 g/mol. The number of hydrogen-bond donors (Lipinski definition) is 1. The van der Waals surface area contributed by atoms with Gasteiger partial charge in [-0.05, 0) is 34.1 Å². The maximum Gasteiger partial charge on any atom is 0.185 e.